The highest BCUT2D eigenvalue weighted by molar-refractivity contribution is 5.94. The fourth-order valence-electron chi connectivity index (χ4n) is 2.09. The Hall–Kier alpha value is -2.50. The molecule has 0 fully saturated rings. The molecule has 6 heteroatoms. The summed E-state index contributed by atoms with van der Waals surface area (Å²) in [6.45, 7) is 1.26. The van der Waals surface area contributed by atoms with E-state index in [1.54, 1.807) is 11.9 Å². The normalized spacial score (nSPS) is 11.1. The fourth-order valence-corrected chi connectivity index (χ4v) is 2.09. The second-order valence-corrected chi connectivity index (χ2v) is 4.81. The Morgan fingerprint density at radius 1 is 1.09 bits per heavy atom. The van der Waals surface area contributed by atoms with Crippen LogP contribution in [0.25, 0.3) is 0 Å². The molecule has 0 aliphatic rings. The lowest BCUT2D eigenvalue weighted by atomic mass is 10.1. The summed E-state index contributed by atoms with van der Waals surface area (Å²) in [5.74, 6) is -0.429. The fraction of sp³-hybridized carbons (Fsp3) is 0.188. The highest BCUT2D eigenvalue weighted by Gasteiger charge is 2.31. The van der Waals surface area contributed by atoms with Gasteiger partial charge >= 0.3 is 6.18 Å². The van der Waals surface area contributed by atoms with Crippen LogP contribution in [0.5, 0.6) is 0 Å². The van der Waals surface area contributed by atoms with Gasteiger partial charge in [0.05, 0.1) is 16.9 Å². The number of alkyl halides is 3. The van der Waals surface area contributed by atoms with Gasteiger partial charge in [-0.25, -0.2) is 0 Å². The van der Waals surface area contributed by atoms with Gasteiger partial charge in [0.1, 0.15) is 0 Å². The molecule has 2 aromatic carbocycles. The first-order valence-electron chi connectivity index (χ1n) is 6.56. The van der Waals surface area contributed by atoms with Gasteiger partial charge < -0.3 is 10.2 Å². The zero-order valence-corrected chi connectivity index (χ0v) is 12.1. The molecule has 0 saturated carbocycles. The molecule has 0 heterocycles. The maximum atomic E-state index is 12.8. The highest BCUT2D eigenvalue weighted by Crippen LogP contribution is 2.37. The number of amides is 1. The van der Waals surface area contributed by atoms with Gasteiger partial charge in [0.15, 0.2) is 0 Å². The van der Waals surface area contributed by atoms with Crippen molar-refractivity contribution in [1.29, 1.82) is 0 Å². The molecular weight excluding hydrogens is 293 g/mol. The van der Waals surface area contributed by atoms with Crippen molar-refractivity contribution in [2.75, 3.05) is 17.3 Å². The second-order valence-electron chi connectivity index (χ2n) is 4.81. The monoisotopic (exact) mass is 308 g/mol. The van der Waals surface area contributed by atoms with Gasteiger partial charge in [-0.15, -0.1) is 0 Å². The summed E-state index contributed by atoms with van der Waals surface area (Å²) < 4.78 is 38.5. The first-order chi connectivity index (χ1) is 10.3. The Morgan fingerprint density at radius 3 is 2.27 bits per heavy atom. The Morgan fingerprint density at radius 2 is 1.73 bits per heavy atom. The van der Waals surface area contributed by atoms with E-state index >= 15 is 0 Å². The Kier molecular flexibility index (Phi) is 4.40. The summed E-state index contributed by atoms with van der Waals surface area (Å²) in [4.78, 5) is 13.0. The summed E-state index contributed by atoms with van der Waals surface area (Å²) in [6.07, 6.45) is -4.46. The molecule has 22 heavy (non-hydrogen) atoms. The quantitative estimate of drug-likeness (QED) is 0.909. The summed E-state index contributed by atoms with van der Waals surface area (Å²) in [7, 11) is 1.73. The standard InChI is InChI=1S/C16H15F3N2O/c1-11(22)20-14-10-12(16(17,18)19)8-9-15(14)21(2)13-6-4-3-5-7-13/h3-10H,1-2H3,(H,20,22). The van der Waals surface area contributed by atoms with Crippen LogP contribution in [-0.4, -0.2) is 13.0 Å². The van der Waals surface area contributed by atoms with Crippen molar-refractivity contribution in [2.24, 2.45) is 0 Å². The van der Waals surface area contributed by atoms with Gasteiger partial charge in [-0.2, -0.15) is 13.2 Å². The number of anilines is 3. The first kappa shape index (κ1) is 15.9. The average Bonchev–Trinajstić information content (AvgIpc) is 2.46. The summed E-state index contributed by atoms with van der Waals surface area (Å²) in [5.41, 5.74) is 0.596. The maximum absolute atomic E-state index is 12.8. The van der Waals surface area contributed by atoms with Crippen molar-refractivity contribution >= 4 is 23.0 Å². The minimum Gasteiger partial charge on any atom is -0.343 e. The van der Waals surface area contributed by atoms with E-state index in [4.69, 9.17) is 0 Å². The van der Waals surface area contributed by atoms with Crippen LogP contribution in [0, 0.1) is 0 Å². The molecule has 2 aromatic rings. The van der Waals surface area contributed by atoms with Crippen LogP contribution in [0.4, 0.5) is 30.2 Å². The van der Waals surface area contributed by atoms with Crippen LogP contribution >= 0.6 is 0 Å². The third kappa shape index (κ3) is 3.58. The summed E-state index contributed by atoms with van der Waals surface area (Å²) in [5, 5.41) is 2.46. The molecular formula is C16H15F3N2O. The number of hydrogen-bond acceptors (Lipinski definition) is 2. The van der Waals surface area contributed by atoms with Crippen molar-refractivity contribution in [3.05, 3.63) is 54.1 Å². The van der Waals surface area contributed by atoms with Crippen molar-refractivity contribution in [2.45, 2.75) is 13.1 Å². The molecule has 0 bridgehead atoms. The molecule has 2 rings (SSSR count). The van der Waals surface area contributed by atoms with Gasteiger partial charge in [0, 0.05) is 19.7 Å². The van der Waals surface area contributed by atoms with E-state index < -0.39 is 17.6 Å². The molecule has 0 atom stereocenters. The molecule has 1 N–H and O–H groups in total. The average molecular weight is 308 g/mol. The zero-order chi connectivity index (χ0) is 16.3. The maximum Gasteiger partial charge on any atom is 0.416 e. The van der Waals surface area contributed by atoms with Gasteiger partial charge in [-0.3, -0.25) is 4.79 Å². The molecule has 0 radical (unpaired) electrons. The number of rotatable bonds is 3. The van der Waals surface area contributed by atoms with E-state index in [0.717, 1.165) is 17.8 Å². The molecule has 1 amide bonds. The number of benzene rings is 2. The van der Waals surface area contributed by atoms with Gasteiger partial charge in [0.2, 0.25) is 5.91 Å². The first-order valence-corrected chi connectivity index (χ1v) is 6.56. The molecule has 0 aliphatic carbocycles. The lowest BCUT2D eigenvalue weighted by molar-refractivity contribution is -0.137. The van der Waals surface area contributed by atoms with Gasteiger partial charge in [0.25, 0.3) is 0 Å². The number of nitrogens with one attached hydrogen (secondary N) is 1. The van der Waals surface area contributed by atoms with E-state index in [1.165, 1.54) is 13.0 Å². The lowest BCUT2D eigenvalue weighted by Gasteiger charge is -2.23. The van der Waals surface area contributed by atoms with Crippen molar-refractivity contribution in [1.82, 2.24) is 0 Å². The number of halogens is 3. The van der Waals surface area contributed by atoms with Crippen molar-refractivity contribution < 1.29 is 18.0 Å². The van der Waals surface area contributed by atoms with E-state index in [2.05, 4.69) is 5.32 Å². The Labute approximate surface area is 126 Å². The van der Waals surface area contributed by atoms with Crippen LogP contribution in [-0.2, 0) is 11.0 Å². The van der Waals surface area contributed by atoms with E-state index in [-0.39, 0.29) is 5.69 Å². The van der Waals surface area contributed by atoms with Gasteiger partial charge in [-0.05, 0) is 30.3 Å². The van der Waals surface area contributed by atoms with E-state index in [0.29, 0.717) is 5.69 Å². The number of nitrogens with zero attached hydrogens (tertiary/aromatic N) is 1. The predicted octanol–water partition coefficient (Wildman–Crippen LogP) is 4.43. The summed E-state index contributed by atoms with van der Waals surface area (Å²) >= 11 is 0. The van der Waals surface area contributed by atoms with Crippen LogP contribution in [0.3, 0.4) is 0 Å². The second kappa shape index (κ2) is 6.09. The van der Waals surface area contributed by atoms with E-state index in [1.807, 2.05) is 30.3 Å². The summed E-state index contributed by atoms with van der Waals surface area (Å²) in [6, 6.07) is 12.4. The minimum atomic E-state index is -4.46. The predicted molar refractivity (Wildman–Crippen MR) is 80.3 cm³/mol. The smallest absolute Gasteiger partial charge is 0.343 e. The van der Waals surface area contributed by atoms with Crippen LogP contribution < -0.4 is 10.2 Å². The number of carbonyl (C=O) groups excluding carboxylic acids is 1. The molecule has 0 saturated heterocycles. The SMILES string of the molecule is CC(=O)Nc1cc(C(F)(F)F)ccc1N(C)c1ccccc1. The van der Waals surface area contributed by atoms with Crippen molar-refractivity contribution in [3.63, 3.8) is 0 Å². The zero-order valence-electron chi connectivity index (χ0n) is 12.1. The topological polar surface area (TPSA) is 32.3 Å². The molecule has 0 unspecified atom stereocenters. The minimum absolute atomic E-state index is 0.119. The van der Waals surface area contributed by atoms with Crippen LogP contribution in [0.15, 0.2) is 48.5 Å². The van der Waals surface area contributed by atoms with Crippen LogP contribution in [0.1, 0.15) is 12.5 Å². The number of para-hydroxylation sites is 1. The van der Waals surface area contributed by atoms with Crippen molar-refractivity contribution in [3.8, 4) is 0 Å². The Balaban J connectivity index is 2.48. The molecule has 0 aromatic heterocycles. The molecule has 0 spiro atoms. The number of carbonyl (C=O) groups is 1. The van der Waals surface area contributed by atoms with Gasteiger partial charge in [-0.1, -0.05) is 18.2 Å². The lowest BCUT2D eigenvalue weighted by Crippen LogP contribution is -2.16. The van der Waals surface area contributed by atoms with Crippen LogP contribution in [0.2, 0.25) is 0 Å². The molecule has 3 nitrogen and oxygen atoms in total. The third-order valence-electron chi connectivity index (χ3n) is 3.14. The molecule has 116 valence electrons. The largest absolute Gasteiger partial charge is 0.416 e. The number of hydrogen-bond donors (Lipinski definition) is 1. The Bertz CT molecular complexity index is 669. The highest BCUT2D eigenvalue weighted by atomic mass is 19.4. The molecule has 0 aliphatic heterocycles. The third-order valence-corrected chi connectivity index (χ3v) is 3.14. The van der Waals surface area contributed by atoms with E-state index in [9.17, 15) is 18.0 Å².